The van der Waals surface area contributed by atoms with E-state index in [9.17, 15) is 0 Å². The maximum absolute atomic E-state index is 6.71. The van der Waals surface area contributed by atoms with Gasteiger partial charge in [0.1, 0.15) is 0 Å². The largest absolute Gasteiger partial charge is 0.321 e. The van der Waals surface area contributed by atoms with E-state index < -0.39 is 0 Å². The van der Waals surface area contributed by atoms with Crippen LogP contribution in [0.4, 0.5) is 0 Å². The zero-order valence-corrected chi connectivity index (χ0v) is 14.0. The van der Waals surface area contributed by atoms with Crippen LogP contribution in [-0.2, 0) is 5.54 Å². The Hall–Kier alpha value is 0.140. The molecule has 1 aliphatic rings. The first-order chi connectivity index (χ1) is 8.33. The zero-order chi connectivity index (χ0) is 13.4. The van der Waals surface area contributed by atoms with Crippen LogP contribution in [0.15, 0.2) is 15.2 Å². The van der Waals surface area contributed by atoms with Gasteiger partial charge in [-0.25, -0.2) is 0 Å². The van der Waals surface area contributed by atoms with Gasteiger partial charge < -0.3 is 5.73 Å². The summed E-state index contributed by atoms with van der Waals surface area (Å²) in [7, 11) is 0. The lowest BCUT2D eigenvalue weighted by atomic mass is 9.76. The van der Waals surface area contributed by atoms with Gasteiger partial charge in [-0.15, -0.1) is 0 Å². The number of hydrogen-bond donors (Lipinski definition) is 1. The van der Waals surface area contributed by atoms with Gasteiger partial charge in [-0.1, -0.05) is 27.2 Å². The third-order valence-electron chi connectivity index (χ3n) is 4.49. The highest BCUT2D eigenvalue weighted by atomic mass is 79.9. The van der Waals surface area contributed by atoms with Crippen molar-refractivity contribution in [3.05, 3.63) is 20.8 Å². The molecule has 3 heteroatoms. The molecule has 2 rings (SSSR count). The van der Waals surface area contributed by atoms with Crippen molar-refractivity contribution in [2.45, 2.75) is 58.4 Å². The van der Waals surface area contributed by atoms with Gasteiger partial charge in [-0.05, 0) is 63.9 Å². The quantitative estimate of drug-likeness (QED) is 0.696. The standard InChI is InChI=1S/C15H24BrNS/c1-14(2,3)11-5-4-7-15(17,8-6-11)12-9-18-10-13(12)16/h9-11H,4-8,17H2,1-3H3. The molecule has 1 aromatic heterocycles. The number of nitrogens with two attached hydrogens (primary N) is 1. The molecule has 1 aliphatic carbocycles. The number of thiophene rings is 1. The molecule has 1 aromatic rings. The number of halogens is 1. The second-order valence-electron chi connectivity index (χ2n) is 6.78. The minimum Gasteiger partial charge on any atom is -0.321 e. The summed E-state index contributed by atoms with van der Waals surface area (Å²) in [6, 6.07) is 0. The van der Waals surface area contributed by atoms with Gasteiger partial charge in [0.15, 0.2) is 0 Å². The van der Waals surface area contributed by atoms with Gasteiger partial charge in [0.05, 0.1) is 0 Å². The summed E-state index contributed by atoms with van der Waals surface area (Å²) >= 11 is 5.39. The smallest absolute Gasteiger partial charge is 0.0429 e. The van der Waals surface area contributed by atoms with Crippen LogP contribution in [0, 0.1) is 11.3 Å². The molecule has 0 radical (unpaired) electrons. The lowest BCUT2D eigenvalue weighted by Gasteiger charge is -2.31. The van der Waals surface area contributed by atoms with E-state index in [-0.39, 0.29) is 5.54 Å². The lowest BCUT2D eigenvalue weighted by molar-refractivity contribution is 0.211. The van der Waals surface area contributed by atoms with Crippen LogP contribution in [-0.4, -0.2) is 0 Å². The van der Waals surface area contributed by atoms with Gasteiger partial charge in [0.25, 0.3) is 0 Å². The second kappa shape index (κ2) is 5.26. The van der Waals surface area contributed by atoms with Gasteiger partial charge >= 0.3 is 0 Å². The SMILES string of the molecule is CC(C)(C)C1CCCC(N)(c2cscc2Br)CC1. The summed E-state index contributed by atoms with van der Waals surface area (Å²) in [5.41, 5.74) is 8.33. The Kier molecular flexibility index (Phi) is 4.25. The molecule has 1 saturated carbocycles. The molecule has 2 atom stereocenters. The van der Waals surface area contributed by atoms with Crippen LogP contribution in [0.5, 0.6) is 0 Å². The normalized spacial score (nSPS) is 30.2. The van der Waals surface area contributed by atoms with E-state index in [1.165, 1.54) is 29.3 Å². The first-order valence-corrected chi connectivity index (χ1v) is 8.57. The summed E-state index contributed by atoms with van der Waals surface area (Å²) in [5, 5.41) is 4.37. The van der Waals surface area contributed by atoms with E-state index in [0.29, 0.717) is 5.41 Å². The van der Waals surface area contributed by atoms with Gasteiger partial charge in [-0.3, -0.25) is 0 Å². The van der Waals surface area contributed by atoms with Crippen molar-refractivity contribution >= 4 is 27.3 Å². The van der Waals surface area contributed by atoms with E-state index in [4.69, 9.17) is 5.73 Å². The molecule has 1 heterocycles. The maximum Gasteiger partial charge on any atom is 0.0429 e. The Bertz CT molecular complexity index is 407. The highest BCUT2D eigenvalue weighted by Gasteiger charge is 2.35. The lowest BCUT2D eigenvalue weighted by Crippen LogP contribution is -2.36. The Balaban J connectivity index is 2.16. The molecule has 18 heavy (non-hydrogen) atoms. The second-order valence-corrected chi connectivity index (χ2v) is 8.38. The Morgan fingerprint density at radius 2 is 2.00 bits per heavy atom. The molecule has 0 spiro atoms. The van der Waals surface area contributed by atoms with Crippen molar-refractivity contribution in [3.8, 4) is 0 Å². The molecule has 1 nitrogen and oxygen atoms in total. The minimum atomic E-state index is -0.112. The average Bonchev–Trinajstić information content (AvgIpc) is 2.57. The van der Waals surface area contributed by atoms with Crippen molar-refractivity contribution in [1.29, 1.82) is 0 Å². The fourth-order valence-electron chi connectivity index (χ4n) is 3.14. The van der Waals surface area contributed by atoms with E-state index >= 15 is 0 Å². The summed E-state index contributed by atoms with van der Waals surface area (Å²) in [5.74, 6) is 0.806. The van der Waals surface area contributed by atoms with E-state index in [0.717, 1.165) is 18.8 Å². The average molecular weight is 330 g/mol. The topological polar surface area (TPSA) is 26.0 Å². The van der Waals surface area contributed by atoms with Crippen molar-refractivity contribution < 1.29 is 0 Å². The first kappa shape index (κ1) is 14.5. The van der Waals surface area contributed by atoms with Crippen LogP contribution < -0.4 is 5.73 Å². The van der Waals surface area contributed by atoms with Crippen molar-refractivity contribution in [3.63, 3.8) is 0 Å². The van der Waals surface area contributed by atoms with E-state index in [1.807, 2.05) is 0 Å². The fourth-order valence-corrected chi connectivity index (χ4v) is 4.93. The van der Waals surface area contributed by atoms with Gasteiger partial charge in [0.2, 0.25) is 0 Å². The van der Waals surface area contributed by atoms with Crippen molar-refractivity contribution in [1.82, 2.24) is 0 Å². The van der Waals surface area contributed by atoms with Gasteiger partial charge in [0, 0.05) is 15.4 Å². The number of rotatable bonds is 1. The molecule has 1 fully saturated rings. The molecular formula is C15H24BrNS. The van der Waals surface area contributed by atoms with Crippen LogP contribution in [0.25, 0.3) is 0 Å². The molecule has 0 aliphatic heterocycles. The van der Waals surface area contributed by atoms with Crippen LogP contribution >= 0.6 is 27.3 Å². The zero-order valence-electron chi connectivity index (χ0n) is 11.6. The third-order valence-corrected chi connectivity index (χ3v) is 6.19. The predicted octanol–water partition coefficient (Wildman–Crippen LogP) is 5.29. The minimum absolute atomic E-state index is 0.112. The molecule has 0 amide bonds. The summed E-state index contributed by atoms with van der Waals surface area (Å²) in [6.45, 7) is 7.09. The number of hydrogen-bond acceptors (Lipinski definition) is 2. The Morgan fingerprint density at radius 3 is 2.56 bits per heavy atom. The maximum atomic E-state index is 6.71. The molecule has 102 valence electrons. The third kappa shape index (κ3) is 3.00. The Labute approximate surface area is 123 Å². The van der Waals surface area contributed by atoms with Crippen LogP contribution in [0.2, 0.25) is 0 Å². The van der Waals surface area contributed by atoms with Crippen LogP contribution in [0.3, 0.4) is 0 Å². The first-order valence-electron chi connectivity index (χ1n) is 6.84. The highest BCUT2D eigenvalue weighted by Crippen LogP contribution is 2.44. The molecule has 2 unspecified atom stereocenters. The van der Waals surface area contributed by atoms with Crippen molar-refractivity contribution in [2.75, 3.05) is 0 Å². The van der Waals surface area contributed by atoms with Crippen molar-refractivity contribution in [2.24, 2.45) is 17.1 Å². The molecule has 2 N–H and O–H groups in total. The fraction of sp³-hybridized carbons (Fsp3) is 0.733. The van der Waals surface area contributed by atoms with Crippen LogP contribution in [0.1, 0.15) is 58.4 Å². The molecular weight excluding hydrogens is 306 g/mol. The predicted molar refractivity (Wildman–Crippen MR) is 83.9 cm³/mol. The monoisotopic (exact) mass is 329 g/mol. The van der Waals surface area contributed by atoms with E-state index in [2.05, 4.69) is 47.5 Å². The van der Waals surface area contributed by atoms with Gasteiger partial charge in [-0.2, -0.15) is 11.3 Å². The molecule has 0 aromatic carbocycles. The summed E-state index contributed by atoms with van der Waals surface area (Å²) < 4.78 is 1.20. The summed E-state index contributed by atoms with van der Waals surface area (Å²) in [4.78, 5) is 0. The summed E-state index contributed by atoms with van der Waals surface area (Å²) in [6.07, 6.45) is 6.06. The highest BCUT2D eigenvalue weighted by molar-refractivity contribution is 9.10. The van der Waals surface area contributed by atoms with E-state index in [1.54, 1.807) is 11.3 Å². The Morgan fingerprint density at radius 1 is 1.28 bits per heavy atom. The molecule has 0 saturated heterocycles. The molecule has 0 bridgehead atoms.